The highest BCUT2D eigenvalue weighted by Gasteiger charge is 2.18. The second-order valence-electron chi connectivity index (χ2n) is 4.73. The number of nitrogens with zero attached hydrogens (tertiary/aromatic N) is 5. The van der Waals surface area contributed by atoms with Gasteiger partial charge in [-0.1, -0.05) is 0 Å². The fourth-order valence-electron chi connectivity index (χ4n) is 2.05. The first-order valence-electron chi connectivity index (χ1n) is 6.76. The second kappa shape index (κ2) is 6.19. The first-order valence-corrected chi connectivity index (χ1v) is 6.76. The summed E-state index contributed by atoms with van der Waals surface area (Å²) in [5, 5.41) is 19.7. The molecule has 0 aliphatic heterocycles. The minimum absolute atomic E-state index is 0.242. The monoisotopic (exact) mass is 273 g/mol. The summed E-state index contributed by atoms with van der Waals surface area (Å²) < 4.78 is 0. The number of rotatable bonds is 6. The topological polar surface area (TPSA) is 93.5 Å². The Kier molecular flexibility index (Phi) is 4.35. The zero-order chi connectivity index (χ0) is 14.5. The molecule has 0 amide bonds. The number of aromatic amines is 1. The molecular formula is C13H19N7. The quantitative estimate of drug-likeness (QED) is 0.835. The summed E-state index contributed by atoms with van der Waals surface area (Å²) in [6.45, 7) is 7.54. The molecule has 0 spiro atoms. The molecule has 0 saturated carbocycles. The lowest BCUT2D eigenvalue weighted by Gasteiger charge is -2.27. The lowest BCUT2D eigenvalue weighted by atomic mass is 10.2. The average molecular weight is 273 g/mol. The van der Waals surface area contributed by atoms with E-state index >= 15 is 0 Å². The van der Waals surface area contributed by atoms with Gasteiger partial charge in [-0.2, -0.15) is 20.3 Å². The molecule has 0 fully saturated rings. The molecule has 106 valence electrons. The summed E-state index contributed by atoms with van der Waals surface area (Å²) in [5.74, 6) is 1.38. The van der Waals surface area contributed by atoms with Gasteiger partial charge in [0.2, 0.25) is 5.95 Å². The maximum atomic E-state index is 8.82. The van der Waals surface area contributed by atoms with Gasteiger partial charge in [0.25, 0.3) is 0 Å². The van der Waals surface area contributed by atoms with Gasteiger partial charge in [-0.3, -0.25) is 5.10 Å². The highest BCUT2D eigenvalue weighted by molar-refractivity contribution is 5.87. The van der Waals surface area contributed by atoms with E-state index in [2.05, 4.69) is 50.3 Å². The van der Waals surface area contributed by atoms with Crippen LogP contribution in [0.25, 0.3) is 11.0 Å². The van der Waals surface area contributed by atoms with Crippen LogP contribution in [0.3, 0.4) is 0 Å². The Bertz CT molecular complexity index is 611. The summed E-state index contributed by atoms with van der Waals surface area (Å²) in [5.41, 5.74) is 0.702. The SMILES string of the molecule is CCNc1nc(N(CCC#N)C(C)C)c2cn[nH]c2n1. The smallest absolute Gasteiger partial charge is 0.226 e. The average Bonchev–Trinajstić information content (AvgIpc) is 2.87. The van der Waals surface area contributed by atoms with E-state index in [4.69, 9.17) is 5.26 Å². The summed E-state index contributed by atoms with van der Waals surface area (Å²) in [4.78, 5) is 11.0. The van der Waals surface area contributed by atoms with E-state index in [1.54, 1.807) is 6.20 Å². The Morgan fingerprint density at radius 1 is 1.45 bits per heavy atom. The van der Waals surface area contributed by atoms with Crippen LogP contribution in [0.15, 0.2) is 6.20 Å². The lowest BCUT2D eigenvalue weighted by Crippen LogP contribution is -2.32. The Hall–Kier alpha value is -2.36. The number of nitriles is 1. The van der Waals surface area contributed by atoms with Crippen LogP contribution in [0.5, 0.6) is 0 Å². The van der Waals surface area contributed by atoms with E-state index in [0.29, 0.717) is 24.6 Å². The van der Waals surface area contributed by atoms with Gasteiger partial charge < -0.3 is 10.2 Å². The molecule has 2 heterocycles. The Morgan fingerprint density at radius 2 is 2.25 bits per heavy atom. The van der Waals surface area contributed by atoms with Gasteiger partial charge in [0, 0.05) is 19.1 Å². The maximum Gasteiger partial charge on any atom is 0.226 e. The van der Waals surface area contributed by atoms with Gasteiger partial charge in [-0.25, -0.2) is 0 Å². The van der Waals surface area contributed by atoms with Crippen molar-refractivity contribution >= 4 is 22.8 Å². The van der Waals surface area contributed by atoms with E-state index in [1.165, 1.54) is 0 Å². The van der Waals surface area contributed by atoms with Crippen molar-refractivity contribution in [3.8, 4) is 6.07 Å². The lowest BCUT2D eigenvalue weighted by molar-refractivity contribution is 0.679. The van der Waals surface area contributed by atoms with Crippen LogP contribution in [-0.4, -0.2) is 39.3 Å². The summed E-state index contributed by atoms with van der Waals surface area (Å²) >= 11 is 0. The van der Waals surface area contributed by atoms with Crippen molar-refractivity contribution in [1.29, 1.82) is 5.26 Å². The molecule has 0 aromatic carbocycles. The van der Waals surface area contributed by atoms with Gasteiger partial charge in [-0.05, 0) is 20.8 Å². The van der Waals surface area contributed by atoms with Crippen molar-refractivity contribution in [2.45, 2.75) is 33.2 Å². The molecule has 2 N–H and O–H groups in total. The van der Waals surface area contributed by atoms with Crippen LogP contribution in [0.4, 0.5) is 11.8 Å². The molecule has 2 rings (SSSR count). The van der Waals surface area contributed by atoms with Gasteiger partial charge in [0.05, 0.1) is 24.1 Å². The molecule has 2 aromatic heterocycles. The molecule has 0 radical (unpaired) electrons. The van der Waals surface area contributed by atoms with Gasteiger partial charge in [0.1, 0.15) is 5.82 Å². The predicted molar refractivity (Wildman–Crippen MR) is 78.6 cm³/mol. The van der Waals surface area contributed by atoms with Crippen molar-refractivity contribution in [1.82, 2.24) is 20.2 Å². The first-order chi connectivity index (χ1) is 9.67. The molecule has 0 bridgehead atoms. The Labute approximate surface area is 118 Å². The van der Waals surface area contributed by atoms with E-state index < -0.39 is 0 Å². The zero-order valence-corrected chi connectivity index (χ0v) is 12.0. The van der Waals surface area contributed by atoms with Crippen LogP contribution >= 0.6 is 0 Å². The third kappa shape index (κ3) is 2.79. The van der Waals surface area contributed by atoms with E-state index in [-0.39, 0.29) is 6.04 Å². The molecular weight excluding hydrogens is 254 g/mol. The van der Waals surface area contributed by atoms with Crippen LogP contribution in [-0.2, 0) is 0 Å². The molecule has 7 heteroatoms. The van der Waals surface area contributed by atoms with Crippen molar-refractivity contribution in [3.05, 3.63) is 6.20 Å². The van der Waals surface area contributed by atoms with E-state index in [0.717, 1.165) is 17.7 Å². The van der Waals surface area contributed by atoms with Crippen LogP contribution in [0, 0.1) is 11.3 Å². The van der Waals surface area contributed by atoms with Crippen LogP contribution in [0.1, 0.15) is 27.2 Å². The first kappa shape index (κ1) is 14.1. The molecule has 0 aliphatic carbocycles. The number of hydrogen-bond donors (Lipinski definition) is 2. The van der Waals surface area contributed by atoms with Crippen molar-refractivity contribution in [2.24, 2.45) is 0 Å². The van der Waals surface area contributed by atoms with Crippen LogP contribution < -0.4 is 10.2 Å². The number of aromatic nitrogens is 4. The molecule has 0 saturated heterocycles. The van der Waals surface area contributed by atoms with Crippen molar-refractivity contribution in [3.63, 3.8) is 0 Å². The minimum Gasteiger partial charge on any atom is -0.354 e. The summed E-state index contributed by atoms with van der Waals surface area (Å²) in [6.07, 6.45) is 2.18. The largest absolute Gasteiger partial charge is 0.354 e. The number of nitrogens with one attached hydrogen (secondary N) is 2. The molecule has 0 aliphatic rings. The number of hydrogen-bond acceptors (Lipinski definition) is 6. The fourth-order valence-corrected chi connectivity index (χ4v) is 2.05. The Morgan fingerprint density at radius 3 is 2.90 bits per heavy atom. The predicted octanol–water partition coefficient (Wildman–Crippen LogP) is 1.91. The number of anilines is 2. The maximum absolute atomic E-state index is 8.82. The third-order valence-electron chi connectivity index (χ3n) is 2.98. The van der Waals surface area contributed by atoms with E-state index in [1.807, 2.05) is 6.92 Å². The molecule has 7 nitrogen and oxygen atoms in total. The summed E-state index contributed by atoms with van der Waals surface area (Å²) in [6, 6.07) is 2.42. The van der Waals surface area contributed by atoms with E-state index in [9.17, 15) is 0 Å². The molecule has 0 atom stereocenters. The molecule has 20 heavy (non-hydrogen) atoms. The fraction of sp³-hybridized carbons (Fsp3) is 0.538. The van der Waals surface area contributed by atoms with Gasteiger partial charge in [0.15, 0.2) is 5.65 Å². The highest BCUT2D eigenvalue weighted by atomic mass is 15.3. The highest BCUT2D eigenvalue weighted by Crippen LogP contribution is 2.25. The van der Waals surface area contributed by atoms with Gasteiger partial charge in [-0.15, -0.1) is 0 Å². The Balaban J connectivity index is 2.48. The van der Waals surface area contributed by atoms with Crippen LogP contribution in [0.2, 0.25) is 0 Å². The van der Waals surface area contributed by atoms with Gasteiger partial charge >= 0.3 is 0 Å². The summed E-state index contributed by atoms with van der Waals surface area (Å²) in [7, 11) is 0. The third-order valence-corrected chi connectivity index (χ3v) is 2.98. The van der Waals surface area contributed by atoms with Crippen molar-refractivity contribution < 1.29 is 0 Å². The second-order valence-corrected chi connectivity index (χ2v) is 4.73. The normalized spacial score (nSPS) is 10.8. The standard InChI is InChI=1S/C13H19N7/c1-4-15-13-17-11-10(8-16-19-11)12(18-13)20(9(2)3)7-5-6-14/h8-9H,4-5,7H2,1-3H3,(H2,15,16,17,18,19). The minimum atomic E-state index is 0.242. The molecule has 0 unspecified atom stereocenters. The zero-order valence-electron chi connectivity index (χ0n) is 12.0. The van der Waals surface area contributed by atoms with Crippen molar-refractivity contribution in [2.75, 3.05) is 23.3 Å². The number of fused-ring (bicyclic) bond motifs is 1. The number of H-pyrrole nitrogens is 1. The molecule has 2 aromatic rings.